The highest BCUT2D eigenvalue weighted by atomic mass is 16.2. The number of aromatic nitrogens is 2. The van der Waals surface area contributed by atoms with Gasteiger partial charge in [-0.25, -0.2) is 4.98 Å². The van der Waals surface area contributed by atoms with Gasteiger partial charge in [0.1, 0.15) is 11.3 Å². The first-order valence-corrected chi connectivity index (χ1v) is 9.12. The lowest BCUT2D eigenvalue weighted by Crippen LogP contribution is -2.31. The van der Waals surface area contributed by atoms with Crippen molar-refractivity contribution in [1.82, 2.24) is 24.9 Å². The number of imidazole rings is 1. The predicted molar refractivity (Wildman–Crippen MR) is 102 cm³/mol. The average molecular weight is 359 g/mol. The fourth-order valence-corrected chi connectivity index (χ4v) is 2.77. The molecule has 7 nitrogen and oxygen atoms in total. The number of aryl methyl sites for hydroxylation is 1. The van der Waals surface area contributed by atoms with Crippen LogP contribution < -0.4 is 10.6 Å². The molecular formula is C19H29N5O2. The number of hydrogen-bond acceptors (Lipinski definition) is 4. The molecule has 2 aromatic rings. The Hall–Kier alpha value is -2.41. The van der Waals surface area contributed by atoms with Crippen molar-refractivity contribution in [2.75, 3.05) is 33.7 Å². The van der Waals surface area contributed by atoms with E-state index in [4.69, 9.17) is 0 Å². The Morgan fingerprint density at radius 1 is 1.12 bits per heavy atom. The second-order valence-corrected chi connectivity index (χ2v) is 6.69. The van der Waals surface area contributed by atoms with Crippen LogP contribution in [0, 0.1) is 6.92 Å². The first-order valence-electron chi connectivity index (χ1n) is 9.12. The third-order valence-electron chi connectivity index (χ3n) is 4.17. The number of amides is 2. The van der Waals surface area contributed by atoms with Crippen molar-refractivity contribution in [3.8, 4) is 0 Å². The van der Waals surface area contributed by atoms with Crippen LogP contribution in [0.5, 0.6) is 0 Å². The summed E-state index contributed by atoms with van der Waals surface area (Å²) < 4.78 is 1.81. The Balaban J connectivity index is 1.65. The van der Waals surface area contributed by atoms with Crippen LogP contribution in [-0.4, -0.2) is 59.8 Å². The molecule has 0 aliphatic rings. The summed E-state index contributed by atoms with van der Waals surface area (Å²) in [6.07, 6.45) is 4.98. The number of unbranched alkanes of at least 4 members (excludes halogenated alkanes) is 2. The number of hydrogen-bond donors (Lipinski definition) is 2. The summed E-state index contributed by atoms with van der Waals surface area (Å²) in [5.74, 6) is -0.0140. The number of carbonyl (C=O) groups is 2. The number of likely N-dealkylation sites (N-methyl/N-ethyl adjacent to an activating group) is 1. The molecule has 142 valence electrons. The minimum absolute atomic E-state index is 0.0947. The largest absolute Gasteiger partial charge is 0.355 e. The Labute approximate surface area is 154 Å². The van der Waals surface area contributed by atoms with Gasteiger partial charge in [0, 0.05) is 32.3 Å². The molecule has 0 aliphatic heterocycles. The van der Waals surface area contributed by atoms with Gasteiger partial charge < -0.3 is 15.5 Å². The van der Waals surface area contributed by atoms with Gasteiger partial charge in [0.25, 0.3) is 5.91 Å². The molecule has 0 saturated carbocycles. The van der Waals surface area contributed by atoms with Crippen molar-refractivity contribution >= 4 is 17.5 Å². The molecule has 2 rings (SSSR count). The highest BCUT2D eigenvalue weighted by Gasteiger charge is 2.15. The lowest BCUT2D eigenvalue weighted by atomic mass is 10.2. The molecule has 2 N–H and O–H groups in total. The van der Waals surface area contributed by atoms with Gasteiger partial charge in [-0.1, -0.05) is 12.5 Å². The van der Waals surface area contributed by atoms with Crippen molar-refractivity contribution in [2.45, 2.75) is 32.6 Å². The van der Waals surface area contributed by atoms with Gasteiger partial charge in [-0.3, -0.25) is 14.0 Å². The fourth-order valence-electron chi connectivity index (χ4n) is 2.77. The van der Waals surface area contributed by atoms with E-state index >= 15 is 0 Å². The van der Waals surface area contributed by atoms with E-state index in [2.05, 4.69) is 15.6 Å². The summed E-state index contributed by atoms with van der Waals surface area (Å²) in [6.45, 7) is 3.97. The van der Waals surface area contributed by atoms with Crippen LogP contribution in [0.25, 0.3) is 5.65 Å². The summed E-state index contributed by atoms with van der Waals surface area (Å²) in [5.41, 5.74) is 2.08. The molecule has 0 spiro atoms. The monoisotopic (exact) mass is 359 g/mol. The van der Waals surface area contributed by atoms with Gasteiger partial charge in [-0.15, -0.1) is 0 Å². The topological polar surface area (TPSA) is 78.7 Å². The SMILES string of the molecule is Cc1nc2ccccn2c1C(=O)NCCCCCC(=O)NCCN(C)C. The molecule has 0 bridgehead atoms. The van der Waals surface area contributed by atoms with Crippen molar-refractivity contribution < 1.29 is 9.59 Å². The van der Waals surface area contributed by atoms with Crippen LogP contribution in [0.1, 0.15) is 41.9 Å². The van der Waals surface area contributed by atoms with Gasteiger partial charge >= 0.3 is 0 Å². The number of fused-ring (bicyclic) bond motifs is 1. The molecule has 0 aliphatic carbocycles. The summed E-state index contributed by atoms with van der Waals surface area (Å²) in [5, 5.41) is 5.85. The predicted octanol–water partition coefficient (Wildman–Crippen LogP) is 1.61. The van der Waals surface area contributed by atoms with Crippen molar-refractivity contribution in [1.29, 1.82) is 0 Å². The molecule has 0 aromatic carbocycles. The van der Waals surface area contributed by atoms with E-state index in [1.807, 2.05) is 54.7 Å². The van der Waals surface area contributed by atoms with Crippen molar-refractivity contribution in [3.05, 3.63) is 35.8 Å². The Morgan fingerprint density at radius 2 is 1.92 bits per heavy atom. The zero-order valence-electron chi connectivity index (χ0n) is 15.9. The lowest BCUT2D eigenvalue weighted by Gasteiger charge is -2.10. The fraction of sp³-hybridized carbons (Fsp3) is 0.526. The smallest absolute Gasteiger partial charge is 0.270 e. The summed E-state index contributed by atoms with van der Waals surface area (Å²) in [4.78, 5) is 30.5. The van der Waals surface area contributed by atoms with Crippen LogP contribution in [0.4, 0.5) is 0 Å². The molecule has 2 aromatic heterocycles. The van der Waals surface area contributed by atoms with E-state index in [-0.39, 0.29) is 11.8 Å². The van der Waals surface area contributed by atoms with E-state index in [1.165, 1.54) is 0 Å². The van der Waals surface area contributed by atoms with E-state index in [1.54, 1.807) is 0 Å². The van der Waals surface area contributed by atoms with Gasteiger partial charge in [0.15, 0.2) is 0 Å². The highest BCUT2D eigenvalue weighted by Crippen LogP contribution is 2.11. The molecule has 0 fully saturated rings. The van der Waals surface area contributed by atoms with Gasteiger partial charge in [-0.05, 0) is 46.0 Å². The minimum Gasteiger partial charge on any atom is -0.355 e. The molecule has 2 amide bonds. The molecular weight excluding hydrogens is 330 g/mol. The van der Waals surface area contributed by atoms with Crippen LogP contribution in [0.15, 0.2) is 24.4 Å². The zero-order valence-corrected chi connectivity index (χ0v) is 15.9. The first-order chi connectivity index (χ1) is 12.5. The number of nitrogens with one attached hydrogen (secondary N) is 2. The van der Waals surface area contributed by atoms with Gasteiger partial charge in [-0.2, -0.15) is 0 Å². The first kappa shape index (κ1) is 19.9. The van der Waals surface area contributed by atoms with E-state index in [0.717, 1.165) is 37.1 Å². The number of carbonyl (C=O) groups excluding carboxylic acids is 2. The van der Waals surface area contributed by atoms with E-state index in [9.17, 15) is 9.59 Å². The quantitative estimate of drug-likeness (QED) is 0.632. The number of nitrogens with zero attached hydrogens (tertiary/aromatic N) is 3. The van der Waals surface area contributed by atoms with E-state index in [0.29, 0.717) is 25.2 Å². The maximum atomic E-state index is 12.4. The van der Waals surface area contributed by atoms with Gasteiger partial charge in [0.2, 0.25) is 5.91 Å². The number of pyridine rings is 1. The molecule has 0 saturated heterocycles. The molecule has 26 heavy (non-hydrogen) atoms. The van der Waals surface area contributed by atoms with E-state index < -0.39 is 0 Å². The molecule has 7 heteroatoms. The maximum absolute atomic E-state index is 12.4. The average Bonchev–Trinajstić information content (AvgIpc) is 2.93. The second-order valence-electron chi connectivity index (χ2n) is 6.69. The standard InChI is InChI=1S/C19H29N5O2/c1-15-18(24-13-8-6-9-16(24)22-15)19(26)21-11-7-4-5-10-17(25)20-12-14-23(2)3/h6,8-9,13H,4-5,7,10-12,14H2,1-3H3,(H,20,25)(H,21,26). The molecule has 0 atom stereocenters. The summed E-state index contributed by atoms with van der Waals surface area (Å²) >= 11 is 0. The van der Waals surface area contributed by atoms with Crippen LogP contribution >= 0.6 is 0 Å². The number of rotatable bonds is 10. The Bertz CT molecular complexity index is 739. The summed E-state index contributed by atoms with van der Waals surface area (Å²) in [7, 11) is 3.96. The Kier molecular flexibility index (Phi) is 7.59. The third kappa shape index (κ3) is 5.84. The van der Waals surface area contributed by atoms with Gasteiger partial charge in [0.05, 0.1) is 5.69 Å². The third-order valence-corrected chi connectivity index (χ3v) is 4.17. The van der Waals surface area contributed by atoms with Crippen LogP contribution in [-0.2, 0) is 4.79 Å². The minimum atomic E-state index is -0.109. The molecule has 2 heterocycles. The van der Waals surface area contributed by atoms with Crippen LogP contribution in [0.2, 0.25) is 0 Å². The Morgan fingerprint density at radius 3 is 2.69 bits per heavy atom. The summed E-state index contributed by atoms with van der Waals surface area (Å²) in [6, 6.07) is 5.67. The zero-order chi connectivity index (χ0) is 18.9. The maximum Gasteiger partial charge on any atom is 0.270 e. The lowest BCUT2D eigenvalue weighted by molar-refractivity contribution is -0.121. The molecule has 0 unspecified atom stereocenters. The molecule has 0 radical (unpaired) electrons. The highest BCUT2D eigenvalue weighted by molar-refractivity contribution is 5.94. The van der Waals surface area contributed by atoms with Crippen molar-refractivity contribution in [2.24, 2.45) is 0 Å². The van der Waals surface area contributed by atoms with Crippen LogP contribution in [0.3, 0.4) is 0 Å². The second kappa shape index (κ2) is 9.91. The normalized spacial score (nSPS) is 11.1. The van der Waals surface area contributed by atoms with Crippen molar-refractivity contribution in [3.63, 3.8) is 0 Å².